The number of benzene rings is 3. The number of halogens is 2. The lowest BCUT2D eigenvalue weighted by molar-refractivity contribution is -0.140. The normalized spacial score (nSPS) is 12.0. The van der Waals surface area contributed by atoms with Crippen LogP contribution in [0.3, 0.4) is 0 Å². The molecule has 3 aromatic rings. The first-order valence-corrected chi connectivity index (χ1v) is 14.8. The van der Waals surface area contributed by atoms with Crippen LogP contribution in [0.25, 0.3) is 0 Å². The van der Waals surface area contributed by atoms with Gasteiger partial charge >= 0.3 is 0 Å². The maximum absolute atomic E-state index is 13.9. The Hall–Kier alpha value is -3.43. The van der Waals surface area contributed by atoms with Crippen LogP contribution in [0, 0.1) is 12.7 Å². The number of nitrogens with one attached hydrogen (secondary N) is 1. The second kappa shape index (κ2) is 13.6. The number of hydrogen-bond donors (Lipinski definition) is 1. The van der Waals surface area contributed by atoms with Crippen molar-refractivity contribution in [1.82, 2.24) is 10.2 Å². The van der Waals surface area contributed by atoms with Crippen LogP contribution in [0.2, 0.25) is 5.02 Å². The van der Waals surface area contributed by atoms with E-state index < -0.39 is 34.3 Å². The third kappa shape index (κ3) is 8.53. The standard InChI is InChI=1S/C29H33ClFN3O4S/c1-4-16-32-29(36)27(17-22-8-6-5-7-9-22)33(19-23-12-10-21(2)11-13-23)28(35)20-34(39(3,37)38)24-14-15-26(31)25(30)18-24/h5-15,18,27H,4,16-17,19-20H2,1-3H3,(H,32,36). The molecule has 0 saturated carbocycles. The van der Waals surface area contributed by atoms with Gasteiger partial charge in [-0.1, -0.05) is 78.7 Å². The molecule has 1 N–H and O–H groups in total. The second-order valence-corrected chi connectivity index (χ2v) is 11.7. The van der Waals surface area contributed by atoms with Gasteiger partial charge < -0.3 is 10.2 Å². The predicted octanol–water partition coefficient (Wildman–Crippen LogP) is 4.72. The summed E-state index contributed by atoms with van der Waals surface area (Å²) in [7, 11) is -3.97. The molecule has 0 saturated heterocycles. The zero-order valence-electron chi connectivity index (χ0n) is 22.2. The van der Waals surface area contributed by atoms with Gasteiger partial charge in [0, 0.05) is 19.5 Å². The summed E-state index contributed by atoms with van der Waals surface area (Å²) in [5.41, 5.74) is 2.71. The van der Waals surface area contributed by atoms with Crippen LogP contribution in [0.4, 0.5) is 10.1 Å². The first-order valence-electron chi connectivity index (χ1n) is 12.6. The first kappa shape index (κ1) is 30.1. The van der Waals surface area contributed by atoms with Crippen molar-refractivity contribution in [2.75, 3.05) is 23.7 Å². The second-order valence-electron chi connectivity index (χ2n) is 9.37. The van der Waals surface area contributed by atoms with Gasteiger partial charge in [-0.05, 0) is 42.7 Å². The minimum absolute atomic E-state index is 0.0441. The summed E-state index contributed by atoms with van der Waals surface area (Å²) >= 11 is 5.91. The largest absolute Gasteiger partial charge is 0.354 e. The highest BCUT2D eigenvalue weighted by atomic mass is 35.5. The molecule has 7 nitrogen and oxygen atoms in total. The number of carbonyl (C=O) groups is 2. The molecular weight excluding hydrogens is 541 g/mol. The lowest BCUT2D eigenvalue weighted by Gasteiger charge is -2.33. The zero-order chi connectivity index (χ0) is 28.6. The number of anilines is 1. The van der Waals surface area contributed by atoms with Crippen molar-refractivity contribution in [1.29, 1.82) is 0 Å². The number of rotatable bonds is 12. The molecule has 2 amide bonds. The Bertz CT molecular complexity index is 1390. The average Bonchev–Trinajstić information content (AvgIpc) is 2.90. The van der Waals surface area contributed by atoms with Gasteiger partial charge in [0.1, 0.15) is 18.4 Å². The molecule has 39 heavy (non-hydrogen) atoms. The van der Waals surface area contributed by atoms with Crippen molar-refractivity contribution in [3.05, 3.63) is 100 Å². The van der Waals surface area contributed by atoms with Crippen LogP contribution in [0.5, 0.6) is 0 Å². The topological polar surface area (TPSA) is 86.8 Å². The van der Waals surface area contributed by atoms with Gasteiger partial charge in [0.2, 0.25) is 21.8 Å². The molecule has 0 spiro atoms. The molecule has 0 heterocycles. The smallest absolute Gasteiger partial charge is 0.244 e. The molecule has 0 aromatic heterocycles. The average molecular weight is 574 g/mol. The Balaban J connectivity index is 2.04. The molecule has 0 aliphatic heterocycles. The van der Waals surface area contributed by atoms with Crippen molar-refractivity contribution >= 4 is 39.1 Å². The minimum Gasteiger partial charge on any atom is -0.354 e. The molecule has 10 heteroatoms. The molecule has 0 aliphatic rings. The van der Waals surface area contributed by atoms with E-state index in [2.05, 4.69) is 5.32 Å². The molecule has 3 rings (SSSR count). The van der Waals surface area contributed by atoms with Crippen molar-refractivity contribution in [3.63, 3.8) is 0 Å². The van der Waals surface area contributed by atoms with E-state index >= 15 is 0 Å². The molecule has 0 fully saturated rings. The van der Waals surface area contributed by atoms with Crippen molar-refractivity contribution in [2.45, 2.75) is 39.3 Å². The lowest BCUT2D eigenvalue weighted by atomic mass is 10.0. The molecule has 1 unspecified atom stereocenters. The van der Waals surface area contributed by atoms with E-state index in [1.165, 1.54) is 11.0 Å². The van der Waals surface area contributed by atoms with Gasteiger partial charge in [-0.25, -0.2) is 12.8 Å². The van der Waals surface area contributed by atoms with Gasteiger partial charge in [0.15, 0.2) is 0 Å². The Morgan fingerprint density at radius 1 is 1.00 bits per heavy atom. The maximum Gasteiger partial charge on any atom is 0.244 e. The van der Waals surface area contributed by atoms with E-state index in [1.807, 2.05) is 68.4 Å². The monoisotopic (exact) mass is 573 g/mol. The van der Waals surface area contributed by atoms with E-state index in [0.717, 1.165) is 39.4 Å². The lowest BCUT2D eigenvalue weighted by Crippen LogP contribution is -2.53. The summed E-state index contributed by atoms with van der Waals surface area (Å²) < 4.78 is 40.2. The SMILES string of the molecule is CCCNC(=O)C(Cc1ccccc1)N(Cc1ccc(C)cc1)C(=O)CN(c1ccc(F)c(Cl)c1)S(C)(=O)=O. The highest BCUT2D eigenvalue weighted by molar-refractivity contribution is 7.92. The number of carbonyl (C=O) groups excluding carboxylic acids is 2. The van der Waals surface area contributed by atoms with Gasteiger partial charge in [-0.15, -0.1) is 0 Å². The Morgan fingerprint density at radius 3 is 2.26 bits per heavy atom. The fourth-order valence-electron chi connectivity index (χ4n) is 4.06. The van der Waals surface area contributed by atoms with Crippen LogP contribution < -0.4 is 9.62 Å². The minimum atomic E-state index is -3.97. The summed E-state index contributed by atoms with van der Waals surface area (Å²) in [5, 5.41) is 2.62. The van der Waals surface area contributed by atoms with Crippen LogP contribution in [-0.2, 0) is 32.6 Å². The van der Waals surface area contributed by atoms with E-state index in [4.69, 9.17) is 11.6 Å². The third-order valence-corrected chi connectivity index (χ3v) is 7.59. The van der Waals surface area contributed by atoms with Gasteiger partial charge in [0.25, 0.3) is 0 Å². The summed E-state index contributed by atoms with van der Waals surface area (Å²) in [4.78, 5) is 28.8. The highest BCUT2D eigenvalue weighted by Gasteiger charge is 2.33. The fourth-order valence-corrected chi connectivity index (χ4v) is 5.08. The van der Waals surface area contributed by atoms with Crippen LogP contribution in [-0.4, -0.2) is 50.5 Å². The van der Waals surface area contributed by atoms with E-state index in [0.29, 0.717) is 13.0 Å². The van der Waals surface area contributed by atoms with Crippen LogP contribution >= 0.6 is 11.6 Å². The summed E-state index contributed by atoms with van der Waals surface area (Å²) in [6.07, 6.45) is 1.90. The fraction of sp³-hybridized carbons (Fsp3) is 0.310. The zero-order valence-corrected chi connectivity index (χ0v) is 23.8. The molecular formula is C29H33ClFN3O4S. The number of nitrogens with zero attached hydrogens (tertiary/aromatic N) is 2. The van der Waals surface area contributed by atoms with Crippen LogP contribution in [0.1, 0.15) is 30.0 Å². The van der Waals surface area contributed by atoms with Crippen molar-refractivity contribution < 1.29 is 22.4 Å². The van der Waals surface area contributed by atoms with E-state index in [9.17, 15) is 22.4 Å². The van der Waals surface area contributed by atoms with Gasteiger partial charge in [-0.2, -0.15) is 0 Å². The number of hydrogen-bond acceptors (Lipinski definition) is 4. The molecule has 0 aliphatic carbocycles. The summed E-state index contributed by atoms with van der Waals surface area (Å²) in [6, 6.07) is 19.4. The van der Waals surface area contributed by atoms with E-state index in [-0.39, 0.29) is 29.6 Å². The Morgan fingerprint density at radius 2 is 1.67 bits per heavy atom. The molecule has 3 aromatic carbocycles. The maximum atomic E-state index is 13.9. The summed E-state index contributed by atoms with van der Waals surface area (Å²) in [6.45, 7) is 3.79. The molecule has 208 valence electrons. The Labute approximate surface area is 234 Å². The third-order valence-electron chi connectivity index (χ3n) is 6.16. The highest BCUT2D eigenvalue weighted by Crippen LogP contribution is 2.25. The molecule has 0 bridgehead atoms. The first-order chi connectivity index (χ1) is 18.5. The summed E-state index contributed by atoms with van der Waals surface area (Å²) in [5.74, 6) is -1.64. The van der Waals surface area contributed by atoms with Crippen molar-refractivity contribution in [3.8, 4) is 0 Å². The Kier molecular flexibility index (Phi) is 10.5. The van der Waals surface area contributed by atoms with Gasteiger partial charge in [0.05, 0.1) is 17.0 Å². The van der Waals surface area contributed by atoms with Gasteiger partial charge in [-0.3, -0.25) is 13.9 Å². The quantitative estimate of drug-likeness (QED) is 0.340. The number of amides is 2. The molecule has 1 atom stereocenters. The van der Waals surface area contributed by atoms with Crippen molar-refractivity contribution in [2.24, 2.45) is 0 Å². The predicted molar refractivity (Wildman–Crippen MR) is 153 cm³/mol. The van der Waals surface area contributed by atoms with E-state index in [1.54, 1.807) is 0 Å². The van der Waals surface area contributed by atoms with Crippen LogP contribution in [0.15, 0.2) is 72.8 Å². The number of aryl methyl sites for hydroxylation is 1. The number of sulfonamides is 1. The molecule has 0 radical (unpaired) electrons.